The van der Waals surface area contributed by atoms with E-state index in [1.807, 2.05) is 24.3 Å². The number of rotatable bonds is 7. The van der Waals surface area contributed by atoms with E-state index in [1.165, 1.54) is 30.9 Å². The minimum absolute atomic E-state index is 0.0257. The van der Waals surface area contributed by atoms with Gasteiger partial charge >= 0.3 is 0 Å². The predicted octanol–water partition coefficient (Wildman–Crippen LogP) is 3.22. The van der Waals surface area contributed by atoms with Crippen LogP contribution in [0.2, 0.25) is 0 Å². The van der Waals surface area contributed by atoms with Crippen molar-refractivity contribution < 1.29 is 22.8 Å². The van der Waals surface area contributed by atoms with Crippen LogP contribution in [0.3, 0.4) is 0 Å². The summed E-state index contributed by atoms with van der Waals surface area (Å²) < 4.78 is 39.3. The fourth-order valence-electron chi connectivity index (χ4n) is 3.93. The van der Waals surface area contributed by atoms with Crippen LogP contribution in [0.25, 0.3) is 0 Å². The van der Waals surface area contributed by atoms with Crippen LogP contribution in [0.15, 0.2) is 41.3 Å². The fourth-order valence-corrected chi connectivity index (χ4v) is 5.11. The first kappa shape index (κ1) is 22.5. The minimum Gasteiger partial charge on any atom is -0.490 e. The number of hydrogen-bond acceptors (Lipinski definition) is 7. The molecule has 0 bridgehead atoms. The van der Waals surface area contributed by atoms with Crippen LogP contribution < -0.4 is 14.2 Å². The van der Waals surface area contributed by atoms with Gasteiger partial charge < -0.3 is 9.47 Å². The molecule has 2 heterocycles. The van der Waals surface area contributed by atoms with Gasteiger partial charge in [-0.25, -0.2) is 13.1 Å². The Kier molecular flexibility index (Phi) is 6.92. The second kappa shape index (κ2) is 9.85. The maximum atomic E-state index is 12.9. The van der Waals surface area contributed by atoms with Gasteiger partial charge in [-0.05, 0) is 37.1 Å². The summed E-state index contributed by atoms with van der Waals surface area (Å²) in [5, 5.41) is 11.5. The number of piperidine rings is 1. The van der Waals surface area contributed by atoms with Crippen molar-refractivity contribution >= 4 is 15.7 Å². The summed E-state index contributed by atoms with van der Waals surface area (Å²) in [6.07, 6.45) is 4.35. The molecular weight excluding hydrogens is 434 g/mol. The molecule has 2 aliphatic rings. The third-order valence-electron chi connectivity index (χ3n) is 5.66. The standard InChI is InChI=1S/C22H27N3O6S/c26-25(27)19-13-20-21(31-12-4-11-30-20)14-22(19)32(28,29)23-15-17-5-7-18(8-6-17)16-24-9-2-1-3-10-24/h5-8,13-14,23H,1-4,9-12,15-16H2. The third-order valence-corrected chi connectivity index (χ3v) is 7.09. The van der Waals surface area contributed by atoms with Gasteiger partial charge in [-0.2, -0.15) is 0 Å². The first-order chi connectivity index (χ1) is 15.4. The summed E-state index contributed by atoms with van der Waals surface area (Å²) in [5.41, 5.74) is 1.41. The van der Waals surface area contributed by atoms with Crippen LogP contribution in [-0.4, -0.2) is 44.5 Å². The van der Waals surface area contributed by atoms with Crippen molar-refractivity contribution in [3.8, 4) is 11.5 Å². The zero-order chi connectivity index (χ0) is 22.6. The molecule has 1 saturated heterocycles. The maximum Gasteiger partial charge on any atom is 0.293 e. The van der Waals surface area contributed by atoms with Crippen molar-refractivity contribution in [2.24, 2.45) is 0 Å². The van der Waals surface area contributed by atoms with E-state index >= 15 is 0 Å². The molecule has 1 N–H and O–H groups in total. The maximum absolute atomic E-state index is 12.9. The molecule has 0 spiro atoms. The average Bonchev–Trinajstić information content (AvgIpc) is 3.03. The molecule has 0 amide bonds. The monoisotopic (exact) mass is 461 g/mol. The molecular formula is C22H27N3O6S. The molecule has 10 heteroatoms. The predicted molar refractivity (Wildman–Crippen MR) is 118 cm³/mol. The Morgan fingerprint density at radius 2 is 1.56 bits per heavy atom. The molecule has 172 valence electrons. The summed E-state index contributed by atoms with van der Waals surface area (Å²) in [6.45, 7) is 3.82. The van der Waals surface area contributed by atoms with E-state index in [0.717, 1.165) is 31.3 Å². The van der Waals surface area contributed by atoms with Gasteiger partial charge in [0.25, 0.3) is 5.69 Å². The zero-order valence-electron chi connectivity index (χ0n) is 17.8. The zero-order valence-corrected chi connectivity index (χ0v) is 18.6. The van der Waals surface area contributed by atoms with Gasteiger partial charge in [0, 0.05) is 25.6 Å². The van der Waals surface area contributed by atoms with Crippen LogP contribution in [0.4, 0.5) is 5.69 Å². The van der Waals surface area contributed by atoms with Crippen molar-refractivity contribution in [2.75, 3.05) is 26.3 Å². The van der Waals surface area contributed by atoms with Crippen molar-refractivity contribution in [3.63, 3.8) is 0 Å². The molecule has 0 aromatic heterocycles. The van der Waals surface area contributed by atoms with E-state index in [0.29, 0.717) is 19.6 Å². The number of fused-ring (bicyclic) bond motifs is 1. The summed E-state index contributed by atoms with van der Waals surface area (Å²) in [7, 11) is -4.15. The highest BCUT2D eigenvalue weighted by molar-refractivity contribution is 7.89. The molecule has 9 nitrogen and oxygen atoms in total. The normalized spacial score (nSPS) is 17.0. The average molecular weight is 462 g/mol. The summed E-state index contributed by atoms with van der Waals surface area (Å²) >= 11 is 0. The van der Waals surface area contributed by atoms with Crippen LogP contribution >= 0.6 is 0 Å². The molecule has 2 aliphatic heterocycles. The second-order valence-corrected chi connectivity index (χ2v) is 9.79. The summed E-state index contributed by atoms with van der Waals surface area (Å²) in [5.74, 6) is 0.369. The second-order valence-electron chi connectivity index (χ2n) is 8.05. The first-order valence-corrected chi connectivity index (χ1v) is 12.3. The topological polar surface area (TPSA) is 111 Å². The van der Waals surface area contributed by atoms with Gasteiger partial charge in [0.15, 0.2) is 16.4 Å². The quantitative estimate of drug-likeness (QED) is 0.498. The van der Waals surface area contributed by atoms with Gasteiger partial charge in [0.1, 0.15) is 0 Å². The molecule has 2 aromatic carbocycles. The van der Waals surface area contributed by atoms with E-state index in [4.69, 9.17) is 9.47 Å². The van der Waals surface area contributed by atoms with Crippen LogP contribution in [0.5, 0.6) is 11.5 Å². The lowest BCUT2D eigenvalue weighted by Crippen LogP contribution is -2.29. The van der Waals surface area contributed by atoms with E-state index in [2.05, 4.69) is 9.62 Å². The van der Waals surface area contributed by atoms with Gasteiger partial charge in [-0.3, -0.25) is 15.0 Å². The molecule has 1 fully saturated rings. The van der Waals surface area contributed by atoms with E-state index in [-0.39, 0.29) is 18.0 Å². The Bertz CT molecular complexity index is 1070. The lowest BCUT2D eigenvalue weighted by molar-refractivity contribution is -0.387. The van der Waals surface area contributed by atoms with Crippen molar-refractivity contribution in [1.82, 2.24) is 9.62 Å². The number of nitrogens with one attached hydrogen (secondary N) is 1. The smallest absolute Gasteiger partial charge is 0.293 e. The minimum atomic E-state index is -4.15. The van der Waals surface area contributed by atoms with Crippen molar-refractivity contribution in [1.29, 1.82) is 0 Å². The Morgan fingerprint density at radius 1 is 0.938 bits per heavy atom. The van der Waals surface area contributed by atoms with Crippen molar-refractivity contribution in [2.45, 2.75) is 43.7 Å². The highest BCUT2D eigenvalue weighted by Crippen LogP contribution is 2.38. The molecule has 0 unspecified atom stereocenters. The molecule has 0 saturated carbocycles. The molecule has 2 aromatic rings. The van der Waals surface area contributed by atoms with Crippen molar-refractivity contribution in [3.05, 3.63) is 57.6 Å². The SMILES string of the molecule is O=[N+]([O-])c1cc2c(cc1S(=O)(=O)NCc1ccc(CN3CCCCC3)cc1)OCCCO2. The summed E-state index contributed by atoms with van der Waals surface area (Å²) in [6, 6.07) is 10.0. The number of sulfonamides is 1. The van der Waals surface area contributed by atoms with Crippen LogP contribution in [0.1, 0.15) is 36.8 Å². The Hall–Kier alpha value is -2.69. The molecule has 0 aliphatic carbocycles. The molecule has 0 radical (unpaired) electrons. The number of likely N-dealkylation sites (tertiary alicyclic amines) is 1. The number of nitro benzene ring substituents is 1. The number of nitrogens with zero attached hydrogens (tertiary/aromatic N) is 2. The Balaban J connectivity index is 1.47. The van der Waals surface area contributed by atoms with E-state index in [9.17, 15) is 18.5 Å². The van der Waals surface area contributed by atoms with E-state index < -0.39 is 25.5 Å². The number of ether oxygens (including phenoxy) is 2. The van der Waals surface area contributed by atoms with E-state index in [1.54, 1.807) is 0 Å². The van der Waals surface area contributed by atoms with Crippen LogP contribution in [-0.2, 0) is 23.1 Å². The Labute approximate surface area is 187 Å². The first-order valence-electron chi connectivity index (χ1n) is 10.8. The fraction of sp³-hybridized carbons (Fsp3) is 0.455. The summed E-state index contributed by atoms with van der Waals surface area (Å²) in [4.78, 5) is 12.8. The van der Waals surface area contributed by atoms with Gasteiger partial charge in [0.2, 0.25) is 10.0 Å². The molecule has 32 heavy (non-hydrogen) atoms. The Morgan fingerprint density at radius 3 is 2.22 bits per heavy atom. The number of nitro groups is 1. The molecule has 0 atom stereocenters. The highest BCUT2D eigenvalue weighted by atomic mass is 32.2. The highest BCUT2D eigenvalue weighted by Gasteiger charge is 2.30. The number of hydrogen-bond donors (Lipinski definition) is 1. The van der Waals surface area contributed by atoms with Gasteiger partial charge in [-0.15, -0.1) is 0 Å². The van der Waals surface area contributed by atoms with Crippen LogP contribution in [0, 0.1) is 10.1 Å². The molecule has 4 rings (SSSR count). The lowest BCUT2D eigenvalue weighted by atomic mass is 10.1. The van der Waals surface area contributed by atoms with Gasteiger partial charge in [-0.1, -0.05) is 30.7 Å². The largest absolute Gasteiger partial charge is 0.490 e. The number of benzene rings is 2. The van der Waals surface area contributed by atoms with Gasteiger partial charge in [0.05, 0.1) is 24.2 Å². The third kappa shape index (κ3) is 5.37. The lowest BCUT2D eigenvalue weighted by Gasteiger charge is -2.26.